The van der Waals surface area contributed by atoms with Crippen molar-refractivity contribution in [2.75, 3.05) is 0 Å². The van der Waals surface area contributed by atoms with Crippen LogP contribution in [0.15, 0.2) is 18.2 Å². The molecule has 1 aromatic rings. The topological polar surface area (TPSA) is 80.4 Å². The van der Waals surface area contributed by atoms with Crippen LogP contribution in [0.25, 0.3) is 0 Å². The van der Waals surface area contributed by atoms with Gasteiger partial charge in [0.25, 0.3) is 5.69 Å². The van der Waals surface area contributed by atoms with Gasteiger partial charge in [0.05, 0.1) is 10.8 Å². The molecule has 1 N–H and O–H groups in total. The van der Waals surface area contributed by atoms with Gasteiger partial charge in [0.15, 0.2) is 0 Å². The number of benzene rings is 1. The molecule has 1 unspecified atom stereocenters. The molecule has 0 saturated heterocycles. The van der Waals surface area contributed by atoms with E-state index in [0.717, 1.165) is 11.1 Å². The fourth-order valence-electron chi connectivity index (χ4n) is 2.07. The third-order valence-electron chi connectivity index (χ3n) is 2.98. The maximum absolute atomic E-state index is 10.8. The molecule has 0 fully saturated rings. The summed E-state index contributed by atoms with van der Waals surface area (Å²) in [6.07, 6.45) is 1.64. The van der Waals surface area contributed by atoms with Crippen LogP contribution in [-0.2, 0) is 17.6 Å². The van der Waals surface area contributed by atoms with E-state index >= 15 is 0 Å². The van der Waals surface area contributed by atoms with Gasteiger partial charge in [0, 0.05) is 12.1 Å². The summed E-state index contributed by atoms with van der Waals surface area (Å²) in [7, 11) is 0. The van der Waals surface area contributed by atoms with Crippen LogP contribution in [0.4, 0.5) is 5.69 Å². The predicted molar refractivity (Wildman–Crippen MR) is 56.2 cm³/mol. The van der Waals surface area contributed by atoms with Crippen LogP contribution in [0.3, 0.4) is 0 Å². The number of hydrogen-bond donors (Lipinski definition) is 1. The fraction of sp³-hybridized carbons (Fsp3) is 0.364. The van der Waals surface area contributed by atoms with Gasteiger partial charge in [-0.3, -0.25) is 14.9 Å². The third-order valence-corrected chi connectivity index (χ3v) is 2.98. The Hall–Kier alpha value is -1.91. The molecule has 1 atom stereocenters. The van der Waals surface area contributed by atoms with Gasteiger partial charge in [-0.2, -0.15) is 0 Å². The standard InChI is InChI=1S/C11H11NO4/c13-11(14)9-2-1-8-6-10(12(15)16)4-3-7(8)5-9/h3-4,6,9H,1-2,5H2,(H,13,14). The van der Waals surface area contributed by atoms with Crippen molar-refractivity contribution in [1.29, 1.82) is 0 Å². The van der Waals surface area contributed by atoms with Crippen LogP contribution in [-0.4, -0.2) is 16.0 Å². The number of nitro benzene ring substituents is 1. The summed E-state index contributed by atoms with van der Waals surface area (Å²) in [6, 6.07) is 4.65. The Morgan fingerprint density at radius 3 is 2.81 bits per heavy atom. The van der Waals surface area contributed by atoms with Gasteiger partial charge in [0.2, 0.25) is 0 Å². The number of carbonyl (C=O) groups is 1. The van der Waals surface area contributed by atoms with E-state index in [2.05, 4.69) is 0 Å². The van der Waals surface area contributed by atoms with Gasteiger partial charge in [-0.05, 0) is 30.4 Å². The molecular formula is C11H11NO4. The number of carboxylic acids is 1. The van der Waals surface area contributed by atoms with Gasteiger partial charge in [0.1, 0.15) is 0 Å². The molecule has 5 nitrogen and oxygen atoms in total. The van der Waals surface area contributed by atoms with Crippen molar-refractivity contribution in [2.45, 2.75) is 19.3 Å². The van der Waals surface area contributed by atoms with E-state index in [4.69, 9.17) is 5.11 Å². The van der Waals surface area contributed by atoms with Crippen LogP contribution >= 0.6 is 0 Å². The van der Waals surface area contributed by atoms with E-state index in [0.29, 0.717) is 19.3 Å². The molecule has 0 heterocycles. The number of hydrogen-bond acceptors (Lipinski definition) is 3. The molecule has 0 aromatic heterocycles. The lowest BCUT2D eigenvalue weighted by Crippen LogP contribution is -2.22. The summed E-state index contributed by atoms with van der Waals surface area (Å²) in [4.78, 5) is 21.0. The average Bonchev–Trinajstić information content (AvgIpc) is 2.27. The highest BCUT2D eigenvalue weighted by molar-refractivity contribution is 5.71. The molecule has 0 spiro atoms. The molecule has 0 amide bonds. The first-order chi connectivity index (χ1) is 7.58. The summed E-state index contributed by atoms with van der Waals surface area (Å²) in [5.74, 6) is -1.14. The second kappa shape index (κ2) is 3.92. The van der Waals surface area contributed by atoms with E-state index in [9.17, 15) is 14.9 Å². The molecule has 16 heavy (non-hydrogen) atoms. The highest BCUT2D eigenvalue weighted by Gasteiger charge is 2.25. The van der Waals surface area contributed by atoms with Crippen LogP contribution in [0, 0.1) is 16.0 Å². The van der Waals surface area contributed by atoms with E-state index in [1.807, 2.05) is 0 Å². The van der Waals surface area contributed by atoms with Crippen molar-refractivity contribution in [3.8, 4) is 0 Å². The van der Waals surface area contributed by atoms with Crippen molar-refractivity contribution in [1.82, 2.24) is 0 Å². The smallest absolute Gasteiger partial charge is 0.306 e. The summed E-state index contributed by atoms with van der Waals surface area (Å²) < 4.78 is 0. The Bertz CT molecular complexity index is 455. The Morgan fingerprint density at radius 2 is 2.19 bits per heavy atom. The number of nitro groups is 1. The maximum atomic E-state index is 10.8. The lowest BCUT2D eigenvalue weighted by atomic mass is 9.84. The minimum atomic E-state index is -0.788. The van der Waals surface area contributed by atoms with Gasteiger partial charge in [-0.1, -0.05) is 6.07 Å². The lowest BCUT2D eigenvalue weighted by Gasteiger charge is -2.20. The number of aliphatic carboxylic acids is 1. The van der Waals surface area contributed by atoms with E-state index < -0.39 is 10.9 Å². The SMILES string of the molecule is O=C(O)C1CCc2cc([N+](=O)[O-])ccc2C1. The minimum absolute atomic E-state index is 0.0764. The van der Waals surface area contributed by atoms with Crippen molar-refractivity contribution < 1.29 is 14.8 Å². The molecule has 0 radical (unpaired) electrons. The normalized spacial score (nSPS) is 18.9. The zero-order valence-electron chi connectivity index (χ0n) is 8.55. The molecule has 0 aliphatic heterocycles. The number of fused-ring (bicyclic) bond motifs is 1. The highest BCUT2D eigenvalue weighted by Crippen LogP contribution is 2.28. The van der Waals surface area contributed by atoms with Crippen molar-refractivity contribution >= 4 is 11.7 Å². The largest absolute Gasteiger partial charge is 0.481 e. The first-order valence-electron chi connectivity index (χ1n) is 5.07. The summed E-state index contributed by atoms with van der Waals surface area (Å²) >= 11 is 0. The highest BCUT2D eigenvalue weighted by atomic mass is 16.6. The molecule has 84 valence electrons. The molecule has 0 saturated carbocycles. The molecule has 2 rings (SSSR count). The molecule has 0 bridgehead atoms. The Balaban J connectivity index is 2.29. The third kappa shape index (κ3) is 1.88. The van der Waals surface area contributed by atoms with Gasteiger partial charge in [-0.25, -0.2) is 0 Å². The molecule has 1 aromatic carbocycles. The number of aryl methyl sites for hydroxylation is 1. The second-order valence-corrected chi connectivity index (χ2v) is 3.99. The predicted octanol–water partition coefficient (Wildman–Crippen LogP) is 1.78. The van der Waals surface area contributed by atoms with Gasteiger partial charge < -0.3 is 5.11 Å². The number of rotatable bonds is 2. The molecule has 5 heteroatoms. The van der Waals surface area contributed by atoms with Gasteiger partial charge >= 0.3 is 5.97 Å². The lowest BCUT2D eigenvalue weighted by molar-refractivity contribution is -0.384. The first-order valence-corrected chi connectivity index (χ1v) is 5.07. The summed E-state index contributed by atoms with van der Waals surface area (Å²) in [6.45, 7) is 0. The van der Waals surface area contributed by atoms with Crippen LogP contribution in [0.1, 0.15) is 17.5 Å². The maximum Gasteiger partial charge on any atom is 0.306 e. The van der Waals surface area contributed by atoms with Crippen LogP contribution < -0.4 is 0 Å². The minimum Gasteiger partial charge on any atom is -0.481 e. The van der Waals surface area contributed by atoms with Crippen molar-refractivity contribution in [3.63, 3.8) is 0 Å². The Morgan fingerprint density at radius 1 is 1.44 bits per heavy atom. The number of carboxylic acid groups (broad SMARTS) is 1. The van der Waals surface area contributed by atoms with E-state index in [1.54, 1.807) is 12.1 Å². The van der Waals surface area contributed by atoms with Crippen molar-refractivity contribution in [2.24, 2.45) is 5.92 Å². The number of nitrogens with zero attached hydrogens (tertiary/aromatic N) is 1. The van der Waals surface area contributed by atoms with Gasteiger partial charge in [-0.15, -0.1) is 0 Å². The van der Waals surface area contributed by atoms with Crippen LogP contribution in [0.2, 0.25) is 0 Å². The zero-order valence-corrected chi connectivity index (χ0v) is 8.55. The Kier molecular flexibility index (Phi) is 2.60. The van der Waals surface area contributed by atoms with Crippen molar-refractivity contribution in [3.05, 3.63) is 39.4 Å². The monoisotopic (exact) mass is 221 g/mol. The zero-order chi connectivity index (χ0) is 11.7. The first kappa shape index (κ1) is 10.6. The quantitative estimate of drug-likeness (QED) is 0.609. The van der Waals surface area contributed by atoms with E-state index in [-0.39, 0.29) is 11.6 Å². The molecule has 1 aliphatic carbocycles. The summed E-state index contributed by atoms with van der Waals surface area (Å²) in [5, 5.41) is 19.5. The molecular weight excluding hydrogens is 210 g/mol. The fourth-order valence-corrected chi connectivity index (χ4v) is 2.07. The Labute approximate surface area is 91.9 Å². The van der Waals surface area contributed by atoms with E-state index in [1.165, 1.54) is 6.07 Å². The molecule has 1 aliphatic rings. The van der Waals surface area contributed by atoms with Crippen LogP contribution in [0.5, 0.6) is 0 Å². The number of non-ortho nitro benzene ring substituents is 1. The second-order valence-electron chi connectivity index (χ2n) is 3.99. The summed E-state index contributed by atoms with van der Waals surface area (Å²) in [5.41, 5.74) is 1.91. The average molecular weight is 221 g/mol.